The second-order valence-electron chi connectivity index (χ2n) is 5.68. The average molecular weight is 230 g/mol. The third kappa shape index (κ3) is 9.77. The second kappa shape index (κ2) is 6.74. The molecule has 0 radical (unpaired) electrons. The molecule has 0 aromatic heterocycles. The normalized spacial score (nSPS) is 13.7. The number of amides is 2. The fourth-order valence-electron chi connectivity index (χ4n) is 1.12. The van der Waals surface area contributed by atoms with Gasteiger partial charge in [0.05, 0.1) is 12.6 Å². The fourth-order valence-corrected chi connectivity index (χ4v) is 1.12. The van der Waals surface area contributed by atoms with Crippen LogP contribution in [-0.2, 0) is 4.74 Å². The van der Waals surface area contributed by atoms with Gasteiger partial charge in [0.1, 0.15) is 0 Å². The SMILES string of the molecule is CC(C)COC[C@H](C)NC(=O)NC(C)(C)C. The molecule has 0 aliphatic heterocycles. The molecule has 0 saturated carbocycles. The molecule has 0 spiro atoms. The summed E-state index contributed by atoms with van der Waals surface area (Å²) in [6, 6.07) is -0.116. The summed E-state index contributed by atoms with van der Waals surface area (Å²) in [6.45, 7) is 13.3. The number of nitrogens with one attached hydrogen (secondary N) is 2. The van der Waals surface area contributed by atoms with Crippen LogP contribution >= 0.6 is 0 Å². The van der Waals surface area contributed by atoms with Crippen LogP contribution in [0.15, 0.2) is 0 Å². The molecule has 0 rings (SSSR count). The summed E-state index contributed by atoms with van der Waals surface area (Å²) in [6.07, 6.45) is 0. The predicted octanol–water partition coefficient (Wildman–Crippen LogP) is 2.15. The second-order valence-corrected chi connectivity index (χ2v) is 5.68. The summed E-state index contributed by atoms with van der Waals surface area (Å²) in [5, 5.41) is 5.68. The molecular formula is C12H26N2O2. The fraction of sp³-hybridized carbons (Fsp3) is 0.917. The van der Waals surface area contributed by atoms with E-state index in [4.69, 9.17) is 4.74 Å². The van der Waals surface area contributed by atoms with Gasteiger partial charge in [0.15, 0.2) is 0 Å². The van der Waals surface area contributed by atoms with E-state index in [1.807, 2.05) is 27.7 Å². The van der Waals surface area contributed by atoms with E-state index in [-0.39, 0.29) is 17.6 Å². The summed E-state index contributed by atoms with van der Waals surface area (Å²) in [7, 11) is 0. The van der Waals surface area contributed by atoms with Crippen molar-refractivity contribution in [1.29, 1.82) is 0 Å². The Bertz CT molecular complexity index is 210. The number of rotatable bonds is 5. The topological polar surface area (TPSA) is 50.4 Å². The van der Waals surface area contributed by atoms with E-state index in [1.54, 1.807) is 0 Å². The quantitative estimate of drug-likeness (QED) is 0.760. The molecule has 0 aliphatic rings. The number of ether oxygens (including phenoxy) is 1. The molecule has 0 unspecified atom stereocenters. The van der Waals surface area contributed by atoms with Crippen LogP contribution in [-0.4, -0.2) is 30.8 Å². The molecular weight excluding hydrogens is 204 g/mol. The van der Waals surface area contributed by atoms with E-state index in [2.05, 4.69) is 24.5 Å². The molecule has 96 valence electrons. The third-order valence-corrected chi connectivity index (χ3v) is 1.69. The summed E-state index contributed by atoms with van der Waals surface area (Å²) in [5.74, 6) is 0.524. The summed E-state index contributed by atoms with van der Waals surface area (Å²) >= 11 is 0. The van der Waals surface area contributed by atoms with Crippen molar-refractivity contribution in [2.24, 2.45) is 5.92 Å². The largest absolute Gasteiger partial charge is 0.379 e. The first-order chi connectivity index (χ1) is 7.20. The molecule has 2 N–H and O–H groups in total. The van der Waals surface area contributed by atoms with Gasteiger partial charge in [-0.1, -0.05) is 13.8 Å². The molecule has 0 aromatic carbocycles. The number of hydrogen-bond donors (Lipinski definition) is 2. The number of carbonyl (C=O) groups is 1. The highest BCUT2D eigenvalue weighted by atomic mass is 16.5. The van der Waals surface area contributed by atoms with E-state index in [9.17, 15) is 4.79 Å². The van der Waals surface area contributed by atoms with Gasteiger partial charge in [-0.25, -0.2) is 4.79 Å². The Morgan fingerprint density at radius 1 is 1.19 bits per heavy atom. The van der Waals surface area contributed by atoms with Gasteiger partial charge in [-0.05, 0) is 33.6 Å². The Balaban J connectivity index is 3.70. The number of hydrogen-bond acceptors (Lipinski definition) is 2. The Hall–Kier alpha value is -0.770. The van der Waals surface area contributed by atoms with Crippen molar-refractivity contribution in [3.8, 4) is 0 Å². The highest BCUT2D eigenvalue weighted by Crippen LogP contribution is 1.98. The van der Waals surface area contributed by atoms with Gasteiger partial charge in [-0.2, -0.15) is 0 Å². The van der Waals surface area contributed by atoms with Crippen molar-refractivity contribution in [2.45, 2.75) is 53.1 Å². The maximum absolute atomic E-state index is 11.5. The number of carbonyl (C=O) groups excluding carboxylic acids is 1. The van der Waals surface area contributed by atoms with Gasteiger partial charge in [0.2, 0.25) is 0 Å². The Morgan fingerprint density at radius 2 is 1.75 bits per heavy atom. The summed E-state index contributed by atoms with van der Waals surface area (Å²) in [4.78, 5) is 11.5. The minimum atomic E-state index is -0.206. The van der Waals surface area contributed by atoms with Crippen molar-refractivity contribution >= 4 is 6.03 Å². The van der Waals surface area contributed by atoms with Crippen LogP contribution in [0.3, 0.4) is 0 Å². The standard InChI is InChI=1S/C12H26N2O2/c1-9(2)7-16-8-10(3)13-11(15)14-12(4,5)6/h9-10H,7-8H2,1-6H3,(H2,13,14,15)/t10-/m0/s1. The van der Waals surface area contributed by atoms with Gasteiger partial charge in [0.25, 0.3) is 0 Å². The lowest BCUT2D eigenvalue weighted by Gasteiger charge is -2.23. The highest BCUT2D eigenvalue weighted by molar-refractivity contribution is 5.74. The molecule has 4 heteroatoms. The average Bonchev–Trinajstić information content (AvgIpc) is 1.98. The van der Waals surface area contributed by atoms with Crippen LogP contribution in [0, 0.1) is 5.92 Å². The lowest BCUT2D eigenvalue weighted by Crippen LogP contribution is -2.49. The van der Waals surface area contributed by atoms with E-state index < -0.39 is 0 Å². The minimum Gasteiger partial charge on any atom is -0.379 e. The summed E-state index contributed by atoms with van der Waals surface area (Å²) < 4.78 is 5.45. The van der Waals surface area contributed by atoms with E-state index in [0.29, 0.717) is 12.5 Å². The Kier molecular flexibility index (Phi) is 6.41. The molecule has 0 aromatic rings. The first-order valence-corrected chi connectivity index (χ1v) is 5.87. The molecule has 0 saturated heterocycles. The molecule has 4 nitrogen and oxygen atoms in total. The van der Waals surface area contributed by atoms with Gasteiger partial charge in [-0.15, -0.1) is 0 Å². The molecule has 16 heavy (non-hydrogen) atoms. The Labute approximate surface area is 99.1 Å². The predicted molar refractivity (Wildman–Crippen MR) is 66.5 cm³/mol. The first kappa shape index (κ1) is 15.2. The van der Waals surface area contributed by atoms with Crippen molar-refractivity contribution < 1.29 is 9.53 Å². The first-order valence-electron chi connectivity index (χ1n) is 5.87. The summed E-state index contributed by atoms with van der Waals surface area (Å²) in [5.41, 5.74) is -0.206. The van der Waals surface area contributed by atoms with Gasteiger partial charge >= 0.3 is 6.03 Å². The lowest BCUT2D eigenvalue weighted by molar-refractivity contribution is 0.0951. The van der Waals surface area contributed by atoms with Crippen LogP contribution in [0.4, 0.5) is 4.79 Å². The van der Waals surface area contributed by atoms with E-state index in [1.165, 1.54) is 0 Å². The van der Waals surface area contributed by atoms with Crippen LogP contribution in [0.2, 0.25) is 0 Å². The molecule has 2 amide bonds. The zero-order valence-electron chi connectivity index (χ0n) is 11.4. The van der Waals surface area contributed by atoms with Gasteiger partial charge in [0, 0.05) is 12.1 Å². The van der Waals surface area contributed by atoms with Crippen molar-refractivity contribution in [3.63, 3.8) is 0 Å². The smallest absolute Gasteiger partial charge is 0.315 e. The van der Waals surface area contributed by atoms with Crippen LogP contribution < -0.4 is 10.6 Å². The van der Waals surface area contributed by atoms with Crippen molar-refractivity contribution in [1.82, 2.24) is 10.6 Å². The molecule has 1 atom stereocenters. The van der Waals surface area contributed by atoms with Crippen molar-refractivity contribution in [3.05, 3.63) is 0 Å². The molecule has 0 fully saturated rings. The van der Waals surface area contributed by atoms with Crippen molar-refractivity contribution in [2.75, 3.05) is 13.2 Å². The van der Waals surface area contributed by atoms with Crippen LogP contribution in [0.25, 0.3) is 0 Å². The maximum atomic E-state index is 11.5. The molecule has 0 aliphatic carbocycles. The zero-order chi connectivity index (χ0) is 12.8. The molecule has 0 heterocycles. The van der Waals surface area contributed by atoms with Gasteiger partial charge < -0.3 is 15.4 Å². The number of urea groups is 1. The van der Waals surface area contributed by atoms with Crippen LogP contribution in [0.1, 0.15) is 41.5 Å². The minimum absolute atomic E-state index is 0.0288. The zero-order valence-corrected chi connectivity index (χ0v) is 11.4. The highest BCUT2D eigenvalue weighted by Gasteiger charge is 2.15. The third-order valence-electron chi connectivity index (χ3n) is 1.69. The van der Waals surface area contributed by atoms with Gasteiger partial charge in [-0.3, -0.25) is 0 Å². The van der Waals surface area contributed by atoms with E-state index >= 15 is 0 Å². The maximum Gasteiger partial charge on any atom is 0.315 e. The molecule has 0 bridgehead atoms. The monoisotopic (exact) mass is 230 g/mol. The lowest BCUT2D eigenvalue weighted by atomic mass is 10.1. The van der Waals surface area contributed by atoms with Crippen LogP contribution in [0.5, 0.6) is 0 Å². The van der Waals surface area contributed by atoms with E-state index in [0.717, 1.165) is 6.61 Å². The Morgan fingerprint density at radius 3 is 2.19 bits per heavy atom.